The Labute approximate surface area is 122 Å². The number of rotatable bonds is 5. The average Bonchev–Trinajstić information content (AvgIpc) is 2.38. The lowest BCUT2D eigenvalue weighted by atomic mass is 10.2. The summed E-state index contributed by atoms with van der Waals surface area (Å²) in [4.78, 5) is 23.8. The van der Waals surface area contributed by atoms with Gasteiger partial charge in [0.1, 0.15) is 6.04 Å². The molecular formula is C14H19BrN2O2. The van der Waals surface area contributed by atoms with Crippen molar-refractivity contribution >= 4 is 27.7 Å². The number of nitrogens with one attached hydrogen (secondary N) is 2. The fourth-order valence-electron chi connectivity index (χ4n) is 1.46. The monoisotopic (exact) mass is 326 g/mol. The molecular weight excluding hydrogens is 308 g/mol. The summed E-state index contributed by atoms with van der Waals surface area (Å²) in [5, 5.41) is 5.52. The minimum absolute atomic E-state index is 0.107. The molecule has 1 rings (SSSR count). The van der Waals surface area contributed by atoms with Gasteiger partial charge < -0.3 is 10.6 Å². The SMILES string of the molecule is CCC(C)NC(=O)C(C)NC(=O)c1ccccc1Br. The first-order chi connectivity index (χ1) is 8.95. The van der Waals surface area contributed by atoms with Crippen molar-refractivity contribution in [2.75, 3.05) is 0 Å². The van der Waals surface area contributed by atoms with Gasteiger partial charge in [0.2, 0.25) is 5.91 Å². The highest BCUT2D eigenvalue weighted by Crippen LogP contribution is 2.15. The molecule has 2 N–H and O–H groups in total. The van der Waals surface area contributed by atoms with Crippen LogP contribution in [0, 0.1) is 0 Å². The van der Waals surface area contributed by atoms with Crippen molar-refractivity contribution in [2.24, 2.45) is 0 Å². The van der Waals surface area contributed by atoms with Gasteiger partial charge in [-0.25, -0.2) is 0 Å². The zero-order valence-corrected chi connectivity index (χ0v) is 13.0. The molecule has 1 aromatic rings. The summed E-state index contributed by atoms with van der Waals surface area (Å²) in [7, 11) is 0. The summed E-state index contributed by atoms with van der Waals surface area (Å²) < 4.78 is 0.710. The van der Waals surface area contributed by atoms with E-state index in [9.17, 15) is 9.59 Å². The van der Waals surface area contributed by atoms with E-state index < -0.39 is 6.04 Å². The molecule has 1 aromatic carbocycles. The molecule has 0 spiro atoms. The van der Waals surface area contributed by atoms with Crippen LogP contribution in [0.15, 0.2) is 28.7 Å². The Balaban J connectivity index is 2.62. The molecule has 4 nitrogen and oxygen atoms in total. The molecule has 104 valence electrons. The molecule has 2 amide bonds. The fourth-order valence-corrected chi connectivity index (χ4v) is 1.92. The van der Waals surface area contributed by atoms with E-state index in [2.05, 4.69) is 26.6 Å². The Morgan fingerprint density at radius 1 is 1.21 bits per heavy atom. The molecule has 0 heterocycles. The topological polar surface area (TPSA) is 58.2 Å². The number of halogens is 1. The molecule has 2 unspecified atom stereocenters. The third-order valence-electron chi connectivity index (χ3n) is 2.86. The van der Waals surface area contributed by atoms with Gasteiger partial charge in [0.05, 0.1) is 5.56 Å². The Hall–Kier alpha value is -1.36. The second-order valence-electron chi connectivity index (χ2n) is 4.49. The molecule has 0 aliphatic carbocycles. The van der Waals surface area contributed by atoms with Crippen molar-refractivity contribution in [3.05, 3.63) is 34.3 Å². The summed E-state index contributed by atoms with van der Waals surface area (Å²) in [5.41, 5.74) is 0.519. The molecule has 0 radical (unpaired) electrons. The van der Waals surface area contributed by atoms with Gasteiger partial charge in [-0.15, -0.1) is 0 Å². The summed E-state index contributed by atoms with van der Waals surface area (Å²) in [6.07, 6.45) is 0.858. The molecule has 0 aliphatic rings. The van der Waals surface area contributed by atoms with Crippen LogP contribution < -0.4 is 10.6 Å². The predicted molar refractivity (Wildman–Crippen MR) is 79.0 cm³/mol. The highest BCUT2D eigenvalue weighted by molar-refractivity contribution is 9.10. The van der Waals surface area contributed by atoms with E-state index in [-0.39, 0.29) is 17.9 Å². The van der Waals surface area contributed by atoms with E-state index in [0.717, 1.165) is 6.42 Å². The van der Waals surface area contributed by atoms with Crippen LogP contribution >= 0.6 is 15.9 Å². The Morgan fingerprint density at radius 2 is 1.84 bits per heavy atom. The highest BCUT2D eigenvalue weighted by atomic mass is 79.9. The Kier molecular flexibility index (Phi) is 6.02. The van der Waals surface area contributed by atoms with Gasteiger partial charge in [-0.3, -0.25) is 9.59 Å². The second-order valence-corrected chi connectivity index (χ2v) is 5.35. The first-order valence-corrected chi connectivity index (χ1v) is 7.10. The quantitative estimate of drug-likeness (QED) is 0.873. The number of amides is 2. The van der Waals surface area contributed by atoms with Crippen molar-refractivity contribution in [3.63, 3.8) is 0 Å². The number of carbonyl (C=O) groups excluding carboxylic acids is 2. The molecule has 0 fully saturated rings. The summed E-state index contributed by atoms with van der Waals surface area (Å²) in [5.74, 6) is -0.436. The third kappa shape index (κ3) is 4.67. The lowest BCUT2D eigenvalue weighted by Gasteiger charge is -2.17. The molecule has 19 heavy (non-hydrogen) atoms. The fraction of sp³-hybridized carbons (Fsp3) is 0.429. The van der Waals surface area contributed by atoms with Crippen LogP contribution in [-0.2, 0) is 4.79 Å². The maximum Gasteiger partial charge on any atom is 0.253 e. The van der Waals surface area contributed by atoms with Crippen LogP contribution in [0.4, 0.5) is 0 Å². The molecule has 0 saturated heterocycles. The van der Waals surface area contributed by atoms with E-state index in [0.29, 0.717) is 10.0 Å². The number of carbonyl (C=O) groups is 2. The van der Waals surface area contributed by atoms with Gasteiger partial charge in [0, 0.05) is 10.5 Å². The number of benzene rings is 1. The van der Waals surface area contributed by atoms with Gasteiger partial charge in [-0.1, -0.05) is 19.1 Å². The van der Waals surface area contributed by atoms with E-state index in [1.165, 1.54) is 0 Å². The van der Waals surface area contributed by atoms with Crippen LogP contribution in [0.5, 0.6) is 0 Å². The van der Waals surface area contributed by atoms with Crippen molar-refractivity contribution < 1.29 is 9.59 Å². The van der Waals surface area contributed by atoms with Crippen LogP contribution in [0.1, 0.15) is 37.6 Å². The minimum atomic E-state index is -0.561. The predicted octanol–water partition coefficient (Wildman–Crippen LogP) is 2.48. The van der Waals surface area contributed by atoms with Gasteiger partial charge in [0.25, 0.3) is 5.91 Å². The van der Waals surface area contributed by atoms with E-state index >= 15 is 0 Å². The normalized spacial score (nSPS) is 13.5. The molecule has 0 saturated carbocycles. The van der Waals surface area contributed by atoms with Gasteiger partial charge >= 0.3 is 0 Å². The third-order valence-corrected chi connectivity index (χ3v) is 3.55. The van der Waals surface area contributed by atoms with E-state index in [1.807, 2.05) is 19.9 Å². The zero-order valence-electron chi connectivity index (χ0n) is 11.4. The van der Waals surface area contributed by atoms with Gasteiger partial charge in [-0.2, -0.15) is 0 Å². The maximum atomic E-state index is 12.0. The van der Waals surface area contributed by atoms with Gasteiger partial charge in [-0.05, 0) is 48.3 Å². The largest absolute Gasteiger partial charge is 0.352 e. The smallest absolute Gasteiger partial charge is 0.253 e. The van der Waals surface area contributed by atoms with Crippen LogP contribution in [0.25, 0.3) is 0 Å². The molecule has 0 aromatic heterocycles. The van der Waals surface area contributed by atoms with E-state index in [1.54, 1.807) is 25.1 Å². The second kappa shape index (κ2) is 7.28. The lowest BCUT2D eigenvalue weighted by molar-refractivity contribution is -0.123. The standard InChI is InChI=1S/C14H19BrN2O2/c1-4-9(2)16-13(18)10(3)17-14(19)11-7-5-6-8-12(11)15/h5-10H,4H2,1-3H3,(H,16,18)(H,17,19). The van der Waals surface area contributed by atoms with Crippen LogP contribution in [0.3, 0.4) is 0 Å². The van der Waals surface area contributed by atoms with Crippen molar-refractivity contribution in [3.8, 4) is 0 Å². The molecule has 2 atom stereocenters. The summed E-state index contributed by atoms with van der Waals surface area (Å²) in [6.45, 7) is 5.60. The summed E-state index contributed by atoms with van der Waals surface area (Å²) in [6, 6.07) is 6.66. The van der Waals surface area contributed by atoms with Crippen LogP contribution in [0.2, 0.25) is 0 Å². The summed E-state index contributed by atoms with van der Waals surface area (Å²) >= 11 is 3.31. The minimum Gasteiger partial charge on any atom is -0.352 e. The average molecular weight is 327 g/mol. The first kappa shape index (κ1) is 15.7. The van der Waals surface area contributed by atoms with Crippen molar-refractivity contribution in [1.29, 1.82) is 0 Å². The van der Waals surface area contributed by atoms with Gasteiger partial charge in [0.15, 0.2) is 0 Å². The van der Waals surface area contributed by atoms with E-state index in [4.69, 9.17) is 0 Å². The first-order valence-electron chi connectivity index (χ1n) is 6.31. The van der Waals surface area contributed by atoms with Crippen molar-refractivity contribution in [2.45, 2.75) is 39.3 Å². The maximum absolute atomic E-state index is 12.0. The zero-order chi connectivity index (χ0) is 14.4. The van der Waals surface area contributed by atoms with Crippen molar-refractivity contribution in [1.82, 2.24) is 10.6 Å². The van der Waals surface area contributed by atoms with Crippen LogP contribution in [-0.4, -0.2) is 23.9 Å². The lowest BCUT2D eigenvalue weighted by Crippen LogP contribution is -2.47. The Morgan fingerprint density at radius 3 is 2.42 bits per heavy atom. The molecule has 0 aliphatic heterocycles. The molecule has 0 bridgehead atoms. The Bertz CT molecular complexity index is 463. The number of hydrogen-bond acceptors (Lipinski definition) is 2. The highest BCUT2D eigenvalue weighted by Gasteiger charge is 2.18. The number of hydrogen-bond donors (Lipinski definition) is 2. The molecule has 5 heteroatoms.